The monoisotopic (exact) mass is 333 g/mol. The van der Waals surface area contributed by atoms with E-state index in [1.54, 1.807) is 16.9 Å². The van der Waals surface area contributed by atoms with E-state index in [0.29, 0.717) is 25.1 Å². The van der Waals surface area contributed by atoms with Gasteiger partial charge in [0.2, 0.25) is 0 Å². The normalized spacial score (nSPS) is 14.9. The largest absolute Gasteiger partial charge is 0.417 e. The molecule has 1 aliphatic rings. The lowest BCUT2D eigenvalue weighted by Crippen LogP contribution is -2.33. The number of nitrogens with zero attached hydrogens (tertiary/aromatic N) is 5. The molecule has 4 rings (SSSR count). The van der Waals surface area contributed by atoms with Gasteiger partial charge in [0, 0.05) is 43.8 Å². The smallest absolute Gasteiger partial charge is 0.350 e. The average molecular weight is 333 g/mol. The van der Waals surface area contributed by atoms with Gasteiger partial charge in [-0.3, -0.25) is 4.98 Å². The predicted molar refractivity (Wildman–Crippen MR) is 81.7 cm³/mol. The Morgan fingerprint density at radius 2 is 2.00 bits per heavy atom. The summed E-state index contributed by atoms with van der Waals surface area (Å²) in [4.78, 5) is 10.2. The zero-order valence-corrected chi connectivity index (χ0v) is 12.9. The van der Waals surface area contributed by atoms with E-state index in [1.807, 2.05) is 17.9 Å². The van der Waals surface area contributed by atoms with Crippen molar-refractivity contribution in [2.45, 2.75) is 26.1 Å². The average Bonchev–Trinajstić information content (AvgIpc) is 2.99. The molecule has 0 aliphatic carbocycles. The maximum Gasteiger partial charge on any atom is 0.417 e. The topological polar surface area (TPSA) is 46.3 Å². The number of imidazole rings is 1. The van der Waals surface area contributed by atoms with Crippen molar-refractivity contribution >= 4 is 11.5 Å². The van der Waals surface area contributed by atoms with Gasteiger partial charge in [-0.2, -0.15) is 13.2 Å². The van der Waals surface area contributed by atoms with Crippen molar-refractivity contribution in [3.05, 3.63) is 53.1 Å². The molecular formula is C16H14F3N5. The molecule has 5 nitrogen and oxygen atoms in total. The van der Waals surface area contributed by atoms with Crippen molar-refractivity contribution in [3.63, 3.8) is 0 Å². The molecule has 3 aromatic heterocycles. The Bertz CT molecular complexity index is 916. The van der Waals surface area contributed by atoms with Crippen LogP contribution in [0.3, 0.4) is 0 Å². The van der Waals surface area contributed by atoms with E-state index >= 15 is 0 Å². The number of anilines is 1. The lowest BCUT2D eigenvalue weighted by Gasteiger charge is -2.30. The van der Waals surface area contributed by atoms with E-state index in [2.05, 4.69) is 15.1 Å². The molecule has 0 aromatic carbocycles. The molecule has 0 radical (unpaired) electrons. The third kappa shape index (κ3) is 2.47. The number of aryl methyl sites for hydroxylation is 1. The molecule has 1 aliphatic heterocycles. The zero-order chi connectivity index (χ0) is 16.9. The lowest BCUT2D eigenvalue weighted by atomic mass is 10.0. The summed E-state index contributed by atoms with van der Waals surface area (Å²) in [7, 11) is 0. The van der Waals surface area contributed by atoms with Crippen LogP contribution in [0.1, 0.15) is 22.4 Å². The molecule has 0 N–H and O–H groups in total. The van der Waals surface area contributed by atoms with Gasteiger partial charge in [0.25, 0.3) is 0 Å². The van der Waals surface area contributed by atoms with Gasteiger partial charge in [0.05, 0.1) is 5.56 Å². The van der Waals surface area contributed by atoms with Crippen LogP contribution < -0.4 is 4.90 Å². The van der Waals surface area contributed by atoms with Crippen molar-refractivity contribution in [3.8, 4) is 0 Å². The van der Waals surface area contributed by atoms with E-state index in [9.17, 15) is 13.2 Å². The third-order valence-electron chi connectivity index (χ3n) is 4.22. The molecule has 8 heteroatoms. The van der Waals surface area contributed by atoms with Crippen LogP contribution in [-0.4, -0.2) is 26.1 Å². The number of pyridine rings is 1. The van der Waals surface area contributed by atoms with Gasteiger partial charge in [-0.1, -0.05) is 0 Å². The van der Waals surface area contributed by atoms with Crippen molar-refractivity contribution in [2.75, 3.05) is 11.4 Å². The quantitative estimate of drug-likeness (QED) is 0.687. The maximum absolute atomic E-state index is 12.9. The van der Waals surface area contributed by atoms with Gasteiger partial charge in [0.1, 0.15) is 0 Å². The number of alkyl halides is 3. The Kier molecular flexibility index (Phi) is 3.22. The molecule has 0 atom stereocenters. The van der Waals surface area contributed by atoms with Crippen LogP contribution in [0, 0.1) is 6.92 Å². The molecule has 0 saturated heterocycles. The van der Waals surface area contributed by atoms with Gasteiger partial charge in [-0.25, -0.2) is 9.50 Å². The molecule has 0 amide bonds. The molecule has 0 saturated carbocycles. The van der Waals surface area contributed by atoms with Crippen LogP contribution in [0.4, 0.5) is 19.0 Å². The fourth-order valence-electron chi connectivity index (χ4n) is 3.01. The highest BCUT2D eigenvalue weighted by molar-refractivity contribution is 5.54. The first-order valence-electron chi connectivity index (χ1n) is 7.53. The summed E-state index contributed by atoms with van der Waals surface area (Å²) >= 11 is 0. The standard InChI is InChI=1S/C16H14F3N5/c1-10-6-14-20-3-5-24(14)22-15(10)23-4-2-13-11(9-23)7-12(8-21-13)16(17,18)19/h3,5-8H,2,4,9H2,1H3. The molecule has 124 valence electrons. The molecule has 0 fully saturated rings. The molecule has 0 unspecified atom stereocenters. The van der Waals surface area contributed by atoms with Crippen LogP contribution in [0.25, 0.3) is 5.65 Å². The Morgan fingerprint density at radius 3 is 2.79 bits per heavy atom. The Labute approximate surface area is 135 Å². The summed E-state index contributed by atoms with van der Waals surface area (Å²) in [6, 6.07) is 3.11. The van der Waals surface area contributed by atoms with Crippen molar-refractivity contribution in [2.24, 2.45) is 0 Å². The minimum Gasteiger partial charge on any atom is -0.350 e. The van der Waals surface area contributed by atoms with Gasteiger partial charge in [-0.05, 0) is 30.2 Å². The summed E-state index contributed by atoms with van der Waals surface area (Å²) < 4.78 is 40.4. The van der Waals surface area contributed by atoms with Crippen molar-refractivity contribution in [1.82, 2.24) is 19.6 Å². The van der Waals surface area contributed by atoms with Crippen molar-refractivity contribution in [1.29, 1.82) is 0 Å². The molecule has 24 heavy (non-hydrogen) atoms. The fraction of sp³-hybridized carbons (Fsp3) is 0.312. The molecule has 0 bridgehead atoms. The first-order valence-corrected chi connectivity index (χ1v) is 7.53. The minimum absolute atomic E-state index is 0.361. The van der Waals surface area contributed by atoms with Crippen LogP contribution in [0.5, 0.6) is 0 Å². The second-order valence-corrected chi connectivity index (χ2v) is 5.88. The maximum atomic E-state index is 12.9. The Balaban J connectivity index is 1.71. The zero-order valence-electron chi connectivity index (χ0n) is 12.9. The number of aromatic nitrogens is 4. The summed E-state index contributed by atoms with van der Waals surface area (Å²) in [5.74, 6) is 0.753. The summed E-state index contributed by atoms with van der Waals surface area (Å²) in [5.41, 5.74) is 2.30. The fourth-order valence-corrected chi connectivity index (χ4v) is 3.01. The molecule has 4 heterocycles. The van der Waals surface area contributed by atoms with Crippen LogP contribution >= 0.6 is 0 Å². The van der Waals surface area contributed by atoms with Gasteiger partial charge >= 0.3 is 6.18 Å². The summed E-state index contributed by atoms with van der Waals surface area (Å²) in [6.45, 7) is 2.95. The summed E-state index contributed by atoms with van der Waals surface area (Å²) in [6.07, 6.45) is 0.538. The van der Waals surface area contributed by atoms with E-state index < -0.39 is 11.7 Å². The van der Waals surface area contributed by atoms with Crippen LogP contribution in [-0.2, 0) is 19.1 Å². The molecule has 3 aromatic rings. The third-order valence-corrected chi connectivity index (χ3v) is 4.22. The number of rotatable bonds is 1. The Morgan fingerprint density at radius 1 is 1.17 bits per heavy atom. The van der Waals surface area contributed by atoms with Crippen LogP contribution in [0.15, 0.2) is 30.7 Å². The van der Waals surface area contributed by atoms with E-state index in [0.717, 1.165) is 28.9 Å². The first-order chi connectivity index (χ1) is 11.4. The van der Waals surface area contributed by atoms with Crippen molar-refractivity contribution < 1.29 is 13.2 Å². The van der Waals surface area contributed by atoms with E-state index in [4.69, 9.17) is 0 Å². The number of fused-ring (bicyclic) bond motifs is 2. The van der Waals surface area contributed by atoms with Gasteiger partial charge < -0.3 is 4.90 Å². The molecular weight excluding hydrogens is 319 g/mol. The molecule has 0 spiro atoms. The van der Waals surface area contributed by atoms with E-state index in [-0.39, 0.29) is 0 Å². The SMILES string of the molecule is Cc1cc2nccn2nc1N1CCc2ncc(C(F)(F)F)cc2C1. The second-order valence-electron chi connectivity index (χ2n) is 5.88. The predicted octanol–water partition coefficient (Wildman–Crippen LogP) is 3.01. The minimum atomic E-state index is -4.38. The van der Waals surface area contributed by atoms with Crippen LogP contribution in [0.2, 0.25) is 0 Å². The number of hydrogen-bond acceptors (Lipinski definition) is 4. The lowest BCUT2D eigenvalue weighted by molar-refractivity contribution is -0.137. The number of halogens is 3. The summed E-state index contributed by atoms with van der Waals surface area (Å²) in [5, 5.41) is 4.54. The van der Waals surface area contributed by atoms with E-state index in [1.165, 1.54) is 6.07 Å². The Hall–Kier alpha value is -2.64. The highest BCUT2D eigenvalue weighted by atomic mass is 19.4. The number of hydrogen-bond donors (Lipinski definition) is 0. The van der Waals surface area contributed by atoms with Gasteiger partial charge in [0.15, 0.2) is 11.5 Å². The first kappa shape index (κ1) is 14.9. The second kappa shape index (κ2) is 5.19. The van der Waals surface area contributed by atoms with Gasteiger partial charge in [-0.15, -0.1) is 5.10 Å². The highest BCUT2D eigenvalue weighted by Crippen LogP contribution is 2.32. The highest BCUT2D eigenvalue weighted by Gasteiger charge is 2.32.